The van der Waals surface area contributed by atoms with Crippen LogP contribution in [0.5, 0.6) is 0 Å². The fourth-order valence-corrected chi connectivity index (χ4v) is 1.53. The van der Waals surface area contributed by atoms with Gasteiger partial charge in [0.05, 0.1) is 0 Å². The summed E-state index contributed by atoms with van der Waals surface area (Å²) in [5.74, 6) is -0.520. The van der Waals surface area contributed by atoms with Gasteiger partial charge in [0.2, 0.25) is 0 Å². The Kier molecular flexibility index (Phi) is 2.68. The quantitative estimate of drug-likeness (QED) is 0.779. The molecular formula is C11H7BrFNO. The Balaban J connectivity index is 2.55. The van der Waals surface area contributed by atoms with Gasteiger partial charge in [-0.15, -0.1) is 0 Å². The van der Waals surface area contributed by atoms with Crippen LogP contribution in [0, 0.1) is 5.82 Å². The third kappa shape index (κ3) is 2.15. The number of pyridine rings is 1. The van der Waals surface area contributed by atoms with Crippen molar-refractivity contribution < 1.29 is 4.39 Å². The Morgan fingerprint density at radius 3 is 2.40 bits per heavy atom. The van der Waals surface area contributed by atoms with Crippen LogP contribution in [-0.4, -0.2) is 4.57 Å². The molecule has 1 aromatic heterocycles. The Morgan fingerprint density at radius 1 is 1.13 bits per heavy atom. The maximum atomic E-state index is 12.7. The number of rotatable bonds is 1. The number of hydrogen-bond acceptors (Lipinski definition) is 1. The van der Waals surface area contributed by atoms with E-state index in [9.17, 15) is 9.18 Å². The Bertz CT molecular complexity index is 533. The molecule has 0 atom stereocenters. The maximum absolute atomic E-state index is 12.7. The molecule has 76 valence electrons. The molecule has 15 heavy (non-hydrogen) atoms. The van der Waals surface area contributed by atoms with Crippen LogP contribution in [0.1, 0.15) is 0 Å². The van der Waals surface area contributed by atoms with E-state index >= 15 is 0 Å². The van der Waals surface area contributed by atoms with E-state index in [2.05, 4.69) is 15.9 Å². The van der Waals surface area contributed by atoms with Gasteiger partial charge >= 0.3 is 0 Å². The fourth-order valence-electron chi connectivity index (χ4n) is 1.27. The molecule has 0 spiro atoms. The molecule has 1 heterocycles. The van der Waals surface area contributed by atoms with Gasteiger partial charge < -0.3 is 0 Å². The van der Waals surface area contributed by atoms with Crippen molar-refractivity contribution >= 4 is 15.9 Å². The highest BCUT2D eigenvalue weighted by atomic mass is 79.9. The van der Waals surface area contributed by atoms with Gasteiger partial charge in [-0.05, 0) is 30.3 Å². The largest absolute Gasteiger partial charge is 0.284 e. The lowest BCUT2D eigenvalue weighted by atomic mass is 10.3. The van der Waals surface area contributed by atoms with E-state index in [1.807, 2.05) is 12.1 Å². The van der Waals surface area contributed by atoms with Crippen molar-refractivity contribution in [2.24, 2.45) is 0 Å². The lowest BCUT2D eigenvalue weighted by Gasteiger charge is -2.04. The minimum atomic E-state index is -0.520. The monoisotopic (exact) mass is 267 g/mol. The van der Waals surface area contributed by atoms with Crippen molar-refractivity contribution in [3.05, 3.63) is 63.2 Å². The molecule has 2 nitrogen and oxygen atoms in total. The SMILES string of the molecule is O=c1cc(F)ccn1-c1ccc(Br)cc1. The minimum Gasteiger partial charge on any atom is -0.284 e. The molecule has 0 bridgehead atoms. The first kappa shape index (κ1) is 10.1. The van der Waals surface area contributed by atoms with Crippen molar-refractivity contribution in [1.82, 2.24) is 4.57 Å². The molecule has 0 aliphatic heterocycles. The summed E-state index contributed by atoms with van der Waals surface area (Å²) >= 11 is 3.30. The lowest BCUT2D eigenvalue weighted by Crippen LogP contribution is -2.16. The molecule has 2 aromatic rings. The highest BCUT2D eigenvalue weighted by Gasteiger charge is 2.00. The minimum absolute atomic E-state index is 0.377. The molecule has 0 amide bonds. The molecule has 0 N–H and O–H groups in total. The summed E-state index contributed by atoms with van der Waals surface area (Å²) in [6.45, 7) is 0. The van der Waals surface area contributed by atoms with Crippen molar-refractivity contribution in [3.63, 3.8) is 0 Å². The van der Waals surface area contributed by atoms with Crippen LogP contribution in [0.3, 0.4) is 0 Å². The number of hydrogen-bond donors (Lipinski definition) is 0. The zero-order valence-electron chi connectivity index (χ0n) is 7.65. The second-order valence-corrected chi connectivity index (χ2v) is 3.95. The van der Waals surface area contributed by atoms with Gasteiger partial charge in [0, 0.05) is 22.4 Å². The van der Waals surface area contributed by atoms with Crippen LogP contribution in [0.25, 0.3) is 5.69 Å². The highest BCUT2D eigenvalue weighted by Crippen LogP contribution is 2.12. The summed E-state index contributed by atoms with van der Waals surface area (Å²) in [4.78, 5) is 11.4. The number of nitrogens with zero attached hydrogens (tertiary/aromatic N) is 1. The topological polar surface area (TPSA) is 22.0 Å². The Hall–Kier alpha value is -1.42. The molecule has 0 saturated heterocycles. The lowest BCUT2D eigenvalue weighted by molar-refractivity contribution is 0.620. The first-order valence-electron chi connectivity index (χ1n) is 4.31. The van der Waals surface area contributed by atoms with Crippen molar-refractivity contribution in [2.45, 2.75) is 0 Å². The summed E-state index contributed by atoms with van der Waals surface area (Å²) in [6, 6.07) is 9.43. The van der Waals surface area contributed by atoms with Gasteiger partial charge in [0.1, 0.15) is 5.82 Å². The van der Waals surface area contributed by atoms with Gasteiger partial charge in [-0.3, -0.25) is 9.36 Å². The van der Waals surface area contributed by atoms with Crippen LogP contribution < -0.4 is 5.56 Å². The normalized spacial score (nSPS) is 10.3. The van der Waals surface area contributed by atoms with Gasteiger partial charge in [-0.2, -0.15) is 0 Å². The summed E-state index contributed by atoms with van der Waals surface area (Å²) in [5, 5.41) is 0. The zero-order chi connectivity index (χ0) is 10.8. The van der Waals surface area contributed by atoms with Crippen LogP contribution in [0.4, 0.5) is 4.39 Å². The number of benzene rings is 1. The van der Waals surface area contributed by atoms with E-state index in [1.54, 1.807) is 12.1 Å². The van der Waals surface area contributed by atoms with E-state index in [0.717, 1.165) is 10.5 Å². The Labute approximate surface area is 94.1 Å². The predicted molar refractivity (Wildman–Crippen MR) is 59.7 cm³/mol. The van der Waals surface area contributed by atoms with Crippen LogP contribution in [0.15, 0.2) is 51.9 Å². The third-order valence-corrected chi connectivity index (χ3v) is 2.52. The van der Waals surface area contributed by atoms with E-state index in [0.29, 0.717) is 5.69 Å². The fraction of sp³-hybridized carbons (Fsp3) is 0. The summed E-state index contributed by atoms with van der Waals surface area (Å²) in [6.07, 6.45) is 1.42. The molecule has 0 unspecified atom stereocenters. The standard InChI is InChI=1S/C11H7BrFNO/c12-8-1-3-10(4-2-8)14-6-5-9(13)7-11(14)15/h1-7H. The van der Waals surface area contributed by atoms with Crippen LogP contribution in [-0.2, 0) is 0 Å². The molecule has 0 saturated carbocycles. The summed E-state index contributed by atoms with van der Waals surface area (Å²) in [7, 11) is 0. The number of halogens is 2. The first-order valence-corrected chi connectivity index (χ1v) is 5.10. The van der Waals surface area contributed by atoms with Crippen LogP contribution in [0.2, 0.25) is 0 Å². The van der Waals surface area contributed by atoms with Crippen LogP contribution >= 0.6 is 15.9 Å². The van der Waals surface area contributed by atoms with Gasteiger partial charge in [0.25, 0.3) is 5.56 Å². The van der Waals surface area contributed by atoms with E-state index in [4.69, 9.17) is 0 Å². The predicted octanol–water partition coefficient (Wildman–Crippen LogP) is 2.74. The van der Waals surface area contributed by atoms with Crippen molar-refractivity contribution in [2.75, 3.05) is 0 Å². The average Bonchev–Trinajstić information content (AvgIpc) is 2.20. The molecule has 0 fully saturated rings. The average molecular weight is 268 g/mol. The van der Waals surface area contributed by atoms with E-state index in [-0.39, 0.29) is 5.56 Å². The molecule has 0 aliphatic rings. The molecule has 4 heteroatoms. The van der Waals surface area contributed by atoms with E-state index in [1.165, 1.54) is 16.8 Å². The summed E-state index contributed by atoms with van der Waals surface area (Å²) in [5.41, 5.74) is 0.334. The van der Waals surface area contributed by atoms with E-state index < -0.39 is 5.82 Å². The molecule has 2 rings (SSSR count). The molecule has 0 aliphatic carbocycles. The first-order chi connectivity index (χ1) is 7.16. The molecule has 1 aromatic carbocycles. The zero-order valence-corrected chi connectivity index (χ0v) is 9.24. The molecular weight excluding hydrogens is 261 g/mol. The second-order valence-electron chi connectivity index (χ2n) is 3.03. The van der Waals surface area contributed by atoms with Crippen molar-refractivity contribution in [1.29, 1.82) is 0 Å². The smallest absolute Gasteiger partial charge is 0.257 e. The maximum Gasteiger partial charge on any atom is 0.257 e. The second kappa shape index (κ2) is 3.98. The number of aromatic nitrogens is 1. The van der Waals surface area contributed by atoms with Gasteiger partial charge in [-0.1, -0.05) is 15.9 Å². The third-order valence-electron chi connectivity index (χ3n) is 1.99. The Morgan fingerprint density at radius 2 is 1.80 bits per heavy atom. The van der Waals surface area contributed by atoms with Gasteiger partial charge in [-0.25, -0.2) is 4.39 Å². The molecule has 0 radical (unpaired) electrons. The summed E-state index contributed by atoms with van der Waals surface area (Å²) < 4.78 is 15.0. The van der Waals surface area contributed by atoms with Gasteiger partial charge in [0.15, 0.2) is 0 Å². The van der Waals surface area contributed by atoms with Crippen molar-refractivity contribution in [3.8, 4) is 5.69 Å². The highest BCUT2D eigenvalue weighted by molar-refractivity contribution is 9.10.